The van der Waals surface area contributed by atoms with Crippen molar-refractivity contribution >= 4 is 44.1 Å². The van der Waals surface area contributed by atoms with E-state index in [-0.39, 0.29) is 40.8 Å². The van der Waals surface area contributed by atoms with Crippen LogP contribution in [0.3, 0.4) is 0 Å². The second-order valence-corrected chi connectivity index (χ2v) is 10.2. The fraction of sp³-hybridized carbons (Fsp3) is 0.192. The first-order valence-corrected chi connectivity index (χ1v) is 13.4. The zero-order chi connectivity index (χ0) is 28.3. The lowest BCUT2D eigenvalue weighted by Gasteiger charge is -2.23. The SMILES string of the molecule is CNC(=O)Oc1c(-c2ccc(Nc3ccc(F)cc3F)cc2)oc2cc(N(CCO)S(C)(=O)=O)c(OC)cc12. The summed E-state index contributed by atoms with van der Waals surface area (Å²) in [6.07, 6.45) is 0.220. The molecule has 1 aromatic heterocycles. The van der Waals surface area contributed by atoms with Crippen LogP contribution in [0.4, 0.5) is 30.6 Å². The summed E-state index contributed by atoms with van der Waals surface area (Å²) < 4.78 is 70.0. The van der Waals surface area contributed by atoms with E-state index in [1.807, 2.05) is 0 Å². The molecule has 0 atom stereocenters. The van der Waals surface area contributed by atoms with E-state index in [0.717, 1.165) is 22.7 Å². The van der Waals surface area contributed by atoms with Gasteiger partial charge >= 0.3 is 6.09 Å². The van der Waals surface area contributed by atoms with Gasteiger partial charge in [-0.2, -0.15) is 0 Å². The smallest absolute Gasteiger partial charge is 0.412 e. The van der Waals surface area contributed by atoms with E-state index in [1.54, 1.807) is 24.3 Å². The second kappa shape index (κ2) is 11.2. The summed E-state index contributed by atoms with van der Waals surface area (Å²) in [5.74, 6) is -1.12. The number of halogens is 2. The second-order valence-electron chi connectivity index (χ2n) is 8.31. The van der Waals surface area contributed by atoms with E-state index < -0.39 is 34.4 Å². The fourth-order valence-electron chi connectivity index (χ4n) is 3.89. The van der Waals surface area contributed by atoms with Crippen molar-refractivity contribution in [3.05, 3.63) is 66.2 Å². The molecule has 206 valence electrons. The lowest BCUT2D eigenvalue weighted by atomic mass is 10.1. The minimum Gasteiger partial charge on any atom is -0.495 e. The predicted octanol–water partition coefficient (Wildman–Crippen LogP) is 4.61. The number of sulfonamides is 1. The number of carbonyl (C=O) groups excluding carboxylic acids is 1. The average Bonchev–Trinajstić information content (AvgIpc) is 3.24. The Bertz CT molecular complexity index is 1620. The van der Waals surface area contributed by atoms with E-state index in [9.17, 15) is 27.1 Å². The van der Waals surface area contributed by atoms with Crippen LogP contribution in [0, 0.1) is 11.6 Å². The van der Waals surface area contributed by atoms with Gasteiger partial charge in [-0.3, -0.25) is 4.31 Å². The highest BCUT2D eigenvalue weighted by Crippen LogP contribution is 2.45. The zero-order valence-electron chi connectivity index (χ0n) is 21.1. The maximum absolute atomic E-state index is 14.0. The number of methoxy groups -OCH3 is 1. The van der Waals surface area contributed by atoms with Crippen LogP contribution >= 0.6 is 0 Å². The maximum atomic E-state index is 14.0. The molecule has 0 saturated heterocycles. The quantitative estimate of drug-likeness (QED) is 0.270. The van der Waals surface area contributed by atoms with Crippen LogP contribution in [-0.2, 0) is 10.0 Å². The number of amides is 1. The standard InChI is InChI=1S/C26H25F2N3O7S/c1-29-26(33)38-25-18-13-23(36-2)21(31(10-11-32)39(3,34)35)14-22(18)37-24(25)15-4-7-17(8-5-15)30-20-9-6-16(27)12-19(20)28/h4-9,12-14,30,32H,10-11H2,1-3H3,(H,29,33). The Balaban J connectivity index is 1.81. The van der Waals surface area contributed by atoms with Crippen LogP contribution in [0.1, 0.15) is 0 Å². The van der Waals surface area contributed by atoms with Crippen LogP contribution in [0.5, 0.6) is 11.5 Å². The van der Waals surface area contributed by atoms with Gasteiger partial charge in [0.1, 0.15) is 23.0 Å². The Morgan fingerprint density at radius 2 is 1.82 bits per heavy atom. The van der Waals surface area contributed by atoms with Crippen LogP contribution in [0.2, 0.25) is 0 Å². The molecule has 0 unspecified atom stereocenters. The van der Waals surface area contributed by atoms with Crippen molar-refractivity contribution in [2.24, 2.45) is 0 Å². The van der Waals surface area contributed by atoms with Gasteiger partial charge in [0.25, 0.3) is 0 Å². The normalized spacial score (nSPS) is 11.3. The molecule has 3 N–H and O–H groups in total. The van der Waals surface area contributed by atoms with Crippen molar-refractivity contribution in [3.63, 3.8) is 0 Å². The Kier molecular flexibility index (Phi) is 7.93. The molecule has 0 spiro atoms. The molecule has 3 aromatic carbocycles. The van der Waals surface area contributed by atoms with Gasteiger partial charge in [0.05, 0.1) is 43.3 Å². The molecule has 0 bridgehead atoms. The number of ether oxygens (including phenoxy) is 2. The summed E-state index contributed by atoms with van der Waals surface area (Å²) in [6.45, 7) is -0.663. The molecule has 0 fully saturated rings. The lowest BCUT2D eigenvalue weighted by molar-refractivity contribution is 0.203. The van der Waals surface area contributed by atoms with E-state index in [4.69, 9.17) is 13.9 Å². The number of hydrogen-bond donors (Lipinski definition) is 3. The molecular formula is C26H25F2N3O7S. The maximum Gasteiger partial charge on any atom is 0.412 e. The number of aliphatic hydroxyl groups is 1. The summed E-state index contributed by atoms with van der Waals surface area (Å²) in [4.78, 5) is 12.2. The van der Waals surface area contributed by atoms with Gasteiger partial charge in [0.2, 0.25) is 10.0 Å². The van der Waals surface area contributed by atoms with Gasteiger partial charge in [-0.05, 0) is 42.5 Å². The molecule has 0 aliphatic rings. The summed E-state index contributed by atoms with van der Waals surface area (Å²) in [5, 5.41) is 15.0. The topological polar surface area (TPSA) is 130 Å². The van der Waals surface area contributed by atoms with Crippen LogP contribution in [0.25, 0.3) is 22.3 Å². The van der Waals surface area contributed by atoms with Gasteiger partial charge in [0.15, 0.2) is 11.5 Å². The predicted molar refractivity (Wildman–Crippen MR) is 142 cm³/mol. The number of anilines is 3. The van der Waals surface area contributed by atoms with E-state index in [1.165, 1.54) is 32.4 Å². The fourth-order valence-corrected chi connectivity index (χ4v) is 4.80. The molecule has 39 heavy (non-hydrogen) atoms. The molecule has 0 aliphatic carbocycles. The van der Waals surface area contributed by atoms with E-state index in [0.29, 0.717) is 16.6 Å². The Morgan fingerprint density at radius 3 is 2.41 bits per heavy atom. The molecule has 4 aromatic rings. The van der Waals surface area contributed by atoms with Gasteiger partial charge in [0, 0.05) is 30.4 Å². The number of hydrogen-bond acceptors (Lipinski definition) is 8. The minimum absolute atomic E-state index is 0.0487. The van der Waals surface area contributed by atoms with Gasteiger partial charge in [-0.25, -0.2) is 22.0 Å². The minimum atomic E-state index is -3.79. The van der Waals surface area contributed by atoms with Gasteiger partial charge in [-0.15, -0.1) is 0 Å². The molecular weight excluding hydrogens is 536 g/mol. The van der Waals surface area contributed by atoms with E-state index >= 15 is 0 Å². The number of carbonyl (C=O) groups is 1. The first-order chi connectivity index (χ1) is 18.5. The lowest BCUT2D eigenvalue weighted by Crippen LogP contribution is -2.32. The van der Waals surface area contributed by atoms with Crippen LogP contribution < -0.4 is 24.4 Å². The third kappa shape index (κ3) is 5.89. The van der Waals surface area contributed by atoms with Crippen LogP contribution in [0.15, 0.2) is 59.0 Å². The third-order valence-corrected chi connectivity index (χ3v) is 6.85. The average molecular weight is 562 g/mol. The van der Waals surface area contributed by atoms with Crippen molar-refractivity contribution in [2.75, 3.05) is 43.2 Å². The molecule has 0 aliphatic heterocycles. The number of furan rings is 1. The first kappa shape index (κ1) is 27.7. The number of nitrogens with zero attached hydrogens (tertiary/aromatic N) is 1. The molecule has 1 amide bonds. The Labute approximate surface area is 222 Å². The highest BCUT2D eigenvalue weighted by molar-refractivity contribution is 7.92. The van der Waals surface area contributed by atoms with Crippen molar-refractivity contribution < 1.29 is 41.0 Å². The number of benzene rings is 3. The van der Waals surface area contributed by atoms with E-state index in [2.05, 4.69) is 10.6 Å². The molecule has 10 nitrogen and oxygen atoms in total. The largest absolute Gasteiger partial charge is 0.495 e. The number of nitrogens with one attached hydrogen (secondary N) is 2. The van der Waals surface area contributed by atoms with Crippen molar-refractivity contribution in [1.82, 2.24) is 5.32 Å². The molecule has 1 heterocycles. The summed E-state index contributed by atoms with van der Waals surface area (Å²) in [7, 11) is -1.06. The van der Waals surface area contributed by atoms with Crippen LogP contribution in [-0.4, -0.2) is 53.2 Å². The molecule has 0 saturated carbocycles. The molecule has 0 radical (unpaired) electrons. The summed E-state index contributed by atoms with van der Waals surface area (Å²) in [6, 6.07) is 12.6. The molecule has 13 heteroatoms. The first-order valence-electron chi connectivity index (χ1n) is 11.5. The Morgan fingerprint density at radius 1 is 1.10 bits per heavy atom. The molecule has 4 rings (SSSR count). The number of aliphatic hydroxyl groups excluding tert-OH is 1. The summed E-state index contributed by atoms with van der Waals surface area (Å²) >= 11 is 0. The van der Waals surface area contributed by atoms with Crippen molar-refractivity contribution in [1.29, 1.82) is 0 Å². The zero-order valence-corrected chi connectivity index (χ0v) is 21.9. The van der Waals surface area contributed by atoms with Crippen molar-refractivity contribution in [2.45, 2.75) is 0 Å². The summed E-state index contributed by atoms with van der Waals surface area (Å²) in [5.41, 5.74) is 1.35. The monoisotopic (exact) mass is 561 g/mol. The van der Waals surface area contributed by atoms with Crippen molar-refractivity contribution in [3.8, 4) is 22.8 Å². The number of rotatable bonds is 9. The highest BCUT2D eigenvalue weighted by atomic mass is 32.2. The van der Waals surface area contributed by atoms with Gasteiger partial charge in [-0.1, -0.05) is 0 Å². The van der Waals surface area contributed by atoms with Gasteiger partial charge < -0.3 is 29.6 Å². The highest BCUT2D eigenvalue weighted by Gasteiger charge is 2.26. The number of fused-ring (bicyclic) bond motifs is 1. The Hall–Kier alpha value is -4.36. The third-order valence-electron chi connectivity index (χ3n) is 5.67.